The van der Waals surface area contributed by atoms with Gasteiger partial charge in [0.15, 0.2) is 5.69 Å². The molecule has 2 heteroatoms. The lowest BCUT2D eigenvalue weighted by Gasteiger charge is -1.94. The second kappa shape index (κ2) is 2.76. The molecule has 0 fully saturated rings. The summed E-state index contributed by atoms with van der Waals surface area (Å²) in [6.07, 6.45) is 0. The van der Waals surface area contributed by atoms with Crippen LogP contribution in [0.2, 0.25) is 0 Å². The normalized spacial score (nSPS) is 8.90. The van der Waals surface area contributed by atoms with Crippen LogP contribution in [0.1, 0.15) is 5.56 Å². The predicted molar refractivity (Wildman–Crippen MR) is 44.7 cm³/mol. The molecule has 0 aliphatic heterocycles. The Morgan fingerprint density at radius 3 is 2.60 bits per heavy atom. The molecule has 0 unspecified atom stereocenters. The Kier molecular flexibility index (Phi) is 1.98. The van der Waals surface area contributed by atoms with Crippen molar-refractivity contribution in [1.82, 2.24) is 0 Å². The van der Waals surface area contributed by atoms with Gasteiger partial charge in [-0.1, -0.05) is 11.6 Å². The molecule has 0 saturated carbocycles. The summed E-state index contributed by atoms with van der Waals surface area (Å²) < 4.78 is 0. The highest BCUT2D eigenvalue weighted by molar-refractivity contribution is 7.80. The van der Waals surface area contributed by atoms with Gasteiger partial charge in [0.05, 0.1) is 6.57 Å². The van der Waals surface area contributed by atoms with E-state index in [0.29, 0.717) is 5.69 Å². The summed E-state index contributed by atoms with van der Waals surface area (Å²) in [6.45, 7) is 8.68. The molecular weight excluding hydrogens is 142 g/mol. The summed E-state index contributed by atoms with van der Waals surface area (Å²) in [5.74, 6) is 0. The first-order chi connectivity index (χ1) is 4.72. The van der Waals surface area contributed by atoms with Crippen molar-refractivity contribution in [2.45, 2.75) is 11.8 Å². The minimum absolute atomic E-state index is 0.657. The zero-order valence-corrected chi connectivity index (χ0v) is 6.52. The molecule has 1 nitrogen and oxygen atoms in total. The second-order valence-corrected chi connectivity index (χ2v) is 2.65. The maximum absolute atomic E-state index is 6.73. The van der Waals surface area contributed by atoms with Gasteiger partial charge in [-0.3, -0.25) is 0 Å². The molecule has 0 N–H and O–H groups in total. The first-order valence-electron chi connectivity index (χ1n) is 2.90. The summed E-state index contributed by atoms with van der Waals surface area (Å²) in [4.78, 5) is 4.15. The van der Waals surface area contributed by atoms with Gasteiger partial charge < -0.3 is 0 Å². The molecule has 0 radical (unpaired) electrons. The van der Waals surface area contributed by atoms with Crippen LogP contribution < -0.4 is 0 Å². The quantitative estimate of drug-likeness (QED) is 0.427. The van der Waals surface area contributed by atoms with Gasteiger partial charge in [0, 0.05) is 0 Å². The smallest absolute Gasteiger partial charge is 0.188 e. The van der Waals surface area contributed by atoms with Crippen LogP contribution in [0.15, 0.2) is 23.1 Å². The third-order valence-corrected chi connectivity index (χ3v) is 1.43. The van der Waals surface area contributed by atoms with Crippen LogP contribution in [0.3, 0.4) is 0 Å². The van der Waals surface area contributed by atoms with E-state index in [1.54, 1.807) is 6.07 Å². The van der Waals surface area contributed by atoms with E-state index in [9.17, 15) is 0 Å². The number of rotatable bonds is 0. The number of benzene rings is 1. The van der Waals surface area contributed by atoms with Gasteiger partial charge in [-0.2, -0.15) is 0 Å². The minimum atomic E-state index is 0.657. The van der Waals surface area contributed by atoms with Gasteiger partial charge in [-0.05, 0) is 24.0 Å². The van der Waals surface area contributed by atoms with Gasteiger partial charge in [-0.15, -0.1) is 12.6 Å². The average molecular weight is 149 g/mol. The number of thiol groups is 1. The summed E-state index contributed by atoms with van der Waals surface area (Å²) in [6, 6.07) is 5.52. The Hall–Kier alpha value is -0.940. The molecule has 0 aliphatic carbocycles. The number of aryl methyl sites for hydroxylation is 1. The minimum Gasteiger partial charge on any atom is -0.238 e. The molecule has 0 aromatic heterocycles. The van der Waals surface area contributed by atoms with Gasteiger partial charge in [0.1, 0.15) is 0 Å². The standard InChI is InChI=1S/C8H7NS/c1-6-3-7(9-2)5-8(10)4-6/h3-5,10H,1H3. The molecule has 1 aromatic rings. The molecule has 0 aliphatic rings. The highest BCUT2D eigenvalue weighted by atomic mass is 32.1. The zero-order chi connectivity index (χ0) is 7.56. The van der Waals surface area contributed by atoms with E-state index in [1.165, 1.54) is 0 Å². The van der Waals surface area contributed by atoms with Crippen molar-refractivity contribution in [1.29, 1.82) is 0 Å². The van der Waals surface area contributed by atoms with Crippen molar-refractivity contribution in [3.8, 4) is 0 Å². The first-order valence-corrected chi connectivity index (χ1v) is 3.35. The fourth-order valence-corrected chi connectivity index (χ4v) is 1.14. The largest absolute Gasteiger partial charge is 0.238 e. The van der Waals surface area contributed by atoms with Gasteiger partial charge >= 0.3 is 0 Å². The topological polar surface area (TPSA) is 4.36 Å². The Labute approximate surface area is 65.9 Å². The lowest BCUT2D eigenvalue weighted by molar-refractivity contribution is 1.38. The SMILES string of the molecule is [C-]#[N+]c1cc(C)cc(S)c1. The van der Waals surface area contributed by atoms with E-state index < -0.39 is 0 Å². The number of hydrogen-bond acceptors (Lipinski definition) is 1. The lowest BCUT2D eigenvalue weighted by Crippen LogP contribution is -1.70. The molecule has 1 aromatic carbocycles. The van der Waals surface area contributed by atoms with E-state index in [-0.39, 0.29) is 0 Å². The number of hydrogen-bond donors (Lipinski definition) is 1. The third-order valence-electron chi connectivity index (χ3n) is 1.18. The van der Waals surface area contributed by atoms with E-state index >= 15 is 0 Å². The summed E-state index contributed by atoms with van der Waals surface area (Å²) in [7, 11) is 0. The lowest BCUT2D eigenvalue weighted by atomic mass is 10.2. The van der Waals surface area contributed by atoms with E-state index in [4.69, 9.17) is 6.57 Å². The molecule has 0 spiro atoms. The van der Waals surface area contributed by atoms with Crippen LogP contribution in [-0.2, 0) is 0 Å². The molecule has 1 rings (SSSR count). The second-order valence-electron chi connectivity index (χ2n) is 2.14. The molecule has 0 saturated heterocycles. The molecule has 0 amide bonds. The highest BCUT2D eigenvalue weighted by Gasteiger charge is 1.92. The molecule has 10 heavy (non-hydrogen) atoms. The highest BCUT2D eigenvalue weighted by Crippen LogP contribution is 2.19. The zero-order valence-electron chi connectivity index (χ0n) is 5.63. The Bertz CT molecular complexity index is 266. The van der Waals surface area contributed by atoms with Gasteiger partial charge in [0.25, 0.3) is 0 Å². The fraction of sp³-hybridized carbons (Fsp3) is 0.125. The molecule has 50 valence electrons. The maximum Gasteiger partial charge on any atom is 0.188 e. The van der Waals surface area contributed by atoms with Gasteiger partial charge in [0.2, 0.25) is 0 Å². The Morgan fingerprint density at radius 1 is 1.40 bits per heavy atom. The molecule has 0 heterocycles. The van der Waals surface area contributed by atoms with E-state index in [0.717, 1.165) is 10.5 Å². The van der Waals surface area contributed by atoms with E-state index in [2.05, 4.69) is 17.5 Å². The first kappa shape index (κ1) is 7.17. The van der Waals surface area contributed by atoms with Crippen LogP contribution in [0.4, 0.5) is 5.69 Å². The van der Waals surface area contributed by atoms with Crippen LogP contribution in [-0.4, -0.2) is 0 Å². The average Bonchev–Trinajstić information content (AvgIpc) is 1.85. The van der Waals surface area contributed by atoms with Crippen molar-refractivity contribution in [2.24, 2.45) is 0 Å². The van der Waals surface area contributed by atoms with Crippen LogP contribution in [0.5, 0.6) is 0 Å². The predicted octanol–water partition coefficient (Wildman–Crippen LogP) is 2.83. The van der Waals surface area contributed by atoms with Crippen molar-refractivity contribution in [3.05, 3.63) is 35.2 Å². The summed E-state index contributed by atoms with van der Waals surface area (Å²) in [5.41, 5.74) is 1.74. The number of nitrogens with zero attached hydrogens (tertiary/aromatic N) is 1. The van der Waals surface area contributed by atoms with Crippen LogP contribution in [0.25, 0.3) is 4.85 Å². The van der Waals surface area contributed by atoms with E-state index in [1.807, 2.05) is 19.1 Å². The fourth-order valence-electron chi connectivity index (χ4n) is 0.808. The third kappa shape index (κ3) is 1.52. The maximum atomic E-state index is 6.73. The summed E-state index contributed by atoms with van der Waals surface area (Å²) in [5, 5.41) is 0. The van der Waals surface area contributed by atoms with Crippen molar-refractivity contribution in [3.63, 3.8) is 0 Å². The Balaban J connectivity index is 3.22. The molecule has 0 atom stereocenters. The molecular formula is C8H7NS. The van der Waals surface area contributed by atoms with Gasteiger partial charge in [-0.25, -0.2) is 4.85 Å². The van der Waals surface area contributed by atoms with Crippen molar-refractivity contribution < 1.29 is 0 Å². The van der Waals surface area contributed by atoms with Crippen LogP contribution in [0, 0.1) is 13.5 Å². The summed E-state index contributed by atoms with van der Waals surface area (Å²) >= 11 is 4.13. The van der Waals surface area contributed by atoms with Crippen molar-refractivity contribution in [2.75, 3.05) is 0 Å². The Morgan fingerprint density at radius 2 is 2.10 bits per heavy atom. The van der Waals surface area contributed by atoms with Crippen LogP contribution >= 0.6 is 12.6 Å². The monoisotopic (exact) mass is 149 g/mol. The molecule has 0 bridgehead atoms. The van der Waals surface area contributed by atoms with Crippen molar-refractivity contribution >= 4 is 18.3 Å².